The van der Waals surface area contributed by atoms with Crippen molar-refractivity contribution in [3.05, 3.63) is 72.2 Å². The Hall–Kier alpha value is -2.68. The van der Waals surface area contributed by atoms with Crippen molar-refractivity contribution in [1.29, 1.82) is 0 Å². The normalized spacial score (nSPS) is 11.4. The molecule has 3 aromatic rings. The van der Waals surface area contributed by atoms with E-state index in [9.17, 15) is 4.79 Å². The first kappa shape index (κ1) is 19.1. The van der Waals surface area contributed by atoms with Crippen LogP contribution in [0.2, 0.25) is 0 Å². The number of unbranched alkanes of at least 4 members (excludes halogenated alkanes) is 4. The van der Waals surface area contributed by atoms with Crippen molar-refractivity contribution in [2.45, 2.75) is 52.0 Å². The largest absolute Gasteiger partial charge is 0.345 e. The van der Waals surface area contributed by atoms with Gasteiger partial charge in [-0.1, -0.05) is 43.5 Å². The van der Waals surface area contributed by atoms with E-state index >= 15 is 0 Å². The van der Waals surface area contributed by atoms with Gasteiger partial charge in [-0.15, -0.1) is 0 Å². The molecule has 140 valence electrons. The highest BCUT2D eigenvalue weighted by molar-refractivity contribution is 5.93. The molecule has 0 spiro atoms. The van der Waals surface area contributed by atoms with Crippen LogP contribution in [0, 0.1) is 6.92 Å². The average Bonchev–Trinajstić information content (AvgIpc) is 3.01. The number of benzene rings is 1. The molecule has 0 fully saturated rings. The van der Waals surface area contributed by atoms with Crippen LogP contribution in [-0.2, 0) is 11.3 Å². The van der Waals surface area contributed by atoms with Crippen molar-refractivity contribution in [2.24, 2.45) is 0 Å². The maximum atomic E-state index is 11.9. The fraction of sp³-hybridized carbons (Fsp3) is 0.333. The quantitative estimate of drug-likeness (QED) is 0.330. The first-order chi connectivity index (χ1) is 13.2. The summed E-state index contributed by atoms with van der Waals surface area (Å²) in [6.07, 6.45) is 13.4. The molecule has 1 aromatic carbocycles. The smallest absolute Gasteiger partial charge is 0.155 e. The number of rotatable bonds is 10. The number of pyridine rings is 1. The van der Waals surface area contributed by atoms with Gasteiger partial charge in [0.15, 0.2) is 5.78 Å². The number of aryl methyl sites for hydroxylation is 2. The van der Waals surface area contributed by atoms with Crippen LogP contribution >= 0.6 is 0 Å². The molecule has 0 N–H and O–H groups in total. The van der Waals surface area contributed by atoms with Crippen LogP contribution in [0.25, 0.3) is 17.0 Å². The fourth-order valence-electron chi connectivity index (χ4n) is 3.49. The van der Waals surface area contributed by atoms with Crippen LogP contribution in [0.4, 0.5) is 0 Å². The molecule has 0 saturated heterocycles. The van der Waals surface area contributed by atoms with Crippen molar-refractivity contribution >= 4 is 22.8 Å². The van der Waals surface area contributed by atoms with E-state index in [1.807, 2.05) is 18.2 Å². The summed E-state index contributed by atoms with van der Waals surface area (Å²) in [6, 6.07) is 14.7. The second kappa shape index (κ2) is 9.86. The van der Waals surface area contributed by atoms with Gasteiger partial charge in [0.2, 0.25) is 0 Å². The molecule has 0 aliphatic heterocycles. The van der Waals surface area contributed by atoms with Gasteiger partial charge in [0.25, 0.3) is 0 Å². The molecule has 0 radical (unpaired) electrons. The van der Waals surface area contributed by atoms with Gasteiger partial charge in [-0.2, -0.15) is 0 Å². The Bertz CT molecular complexity index is 893. The Morgan fingerprint density at radius 1 is 1.04 bits per heavy atom. The molecule has 3 heteroatoms. The Labute approximate surface area is 161 Å². The molecule has 0 saturated carbocycles. The predicted octanol–water partition coefficient (Wildman–Crippen LogP) is 5.97. The van der Waals surface area contributed by atoms with E-state index < -0.39 is 0 Å². The zero-order valence-corrected chi connectivity index (χ0v) is 16.1. The molecule has 0 bridgehead atoms. The molecular weight excluding hydrogens is 332 g/mol. The van der Waals surface area contributed by atoms with Gasteiger partial charge in [0.05, 0.1) is 0 Å². The second-order valence-electron chi connectivity index (χ2n) is 7.10. The second-order valence-corrected chi connectivity index (χ2v) is 7.10. The summed E-state index contributed by atoms with van der Waals surface area (Å²) >= 11 is 0. The molecule has 27 heavy (non-hydrogen) atoms. The van der Waals surface area contributed by atoms with E-state index in [0.717, 1.165) is 24.9 Å². The minimum Gasteiger partial charge on any atom is -0.345 e. The lowest BCUT2D eigenvalue weighted by molar-refractivity contribution is -0.114. The van der Waals surface area contributed by atoms with Gasteiger partial charge in [-0.3, -0.25) is 9.78 Å². The maximum Gasteiger partial charge on any atom is 0.155 e. The van der Waals surface area contributed by atoms with Crippen molar-refractivity contribution < 1.29 is 4.79 Å². The minimum absolute atomic E-state index is 0.202. The summed E-state index contributed by atoms with van der Waals surface area (Å²) in [5.74, 6) is 0.202. The van der Waals surface area contributed by atoms with Gasteiger partial charge in [0.1, 0.15) is 0 Å². The van der Waals surface area contributed by atoms with E-state index in [2.05, 4.69) is 46.8 Å². The molecule has 0 aliphatic rings. The molecule has 0 unspecified atom stereocenters. The molecule has 3 rings (SSSR count). The van der Waals surface area contributed by atoms with E-state index in [0.29, 0.717) is 6.42 Å². The van der Waals surface area contributed by atoms with Crippen LogP contribution in [-0.4, -0.2) is 15.3 Å². The first-order valence-corrected chi connectivity index (χ1v) is 9.90. The number of allylic oxidation sites excluding steroid dienone is 1. The molecule has 2 heterocycles. The van der Waals surface area contributed by atoms with E-state index in [4.69, 9.17) is 0 Å². The number of aromatic nitrogens is 2. The number of hydrogen-bond acceptors (Lipinski definition) is 2. The van der Waals surface area contributed by atoms with E-state index in [1.165, 1.54) is 35.9 Å². The number of carbonyl (C=O) groups is 1. The molecule has 3 nitrogen and oxygen atoms in total. The molecule has 2 aromatic heterocycles. The summed E-state index contributed by atoms with van der Waals surface area (Å²) in [5.41, 5.74) is 3.64. The lowest BCUT2D eigenvalue weighted by Gasteiger charge is -2.08. The number of carbonyl (C=O) groups excluding carboxylic acids is 1. The third kappa shape index (κ3) is 5.65. The van der Waals surface area contributed by atoms with Gasteiger partial charge in [0, 0.05) is 36.6 Å². The zero-order valence-electron chi connectivity index (χ0n) is 16.1. The fourth-order valence-corrected chi connectivity index (χ4v) is 3.49. The van der Waals surface area contributed by atoms with E-state index in [-0.39, 0.29) is 5.78 Å². The van der Waals surface area contributed by atoms with Gasteiger partial charge < -0.3 is 4.57 Å². The topological polar surface area (TPSA) is 34.9 Å². The molecule has 0 amide bonds. The van der Waals surface area contributed by atoms with Crippen molar-refractivity contribution in [3.63, 3.8) is 0 Å². The number of fused-ring (bicyclic) bond motifs is 1. The van der Waals surface area contributed by atoms with Crippen LogP contribution in [0.1, 0.15) is 49.8 Å². The minimum atomic E-state index is 0.202. The third-order valence-corrected chi connectivity index (χ3v) is 4.97. The van der Waals surface area contributed by atoms with Crippen molar-refractivity contribution in [3.8, 4) is 0 Å². The highest BCUT2D eigenvalue weighted by Crippen LogP contribution is 2.20. The summed E-state index contributed by atoms with van der Waals surface area (Å²) in [7, 11) is 0. The summed E-state index contributed by atoms with van der Waals surface area (Å²) < 4.78 is 2.42. The predicted molar refractivity (Wildman–Crippen MR) is 113 cm³/mol. The standard InChI is InChI=1S/C24H28N2O/c1-20-18-22-11-6-7-13-24(22)26(20)17-8-4-2-3-5-12-23(27)15-14-21-10-9-16-25-19-21/h6-7,9-11,13-16,18-19H,2-5,8,12,17H2,1H3/b15-14+. The highest BCUT2D eigenvalue weighted by Gasteiger charge is 2.04. The Balaban J connectivity index is 1.31. The summed E-state index contributed by atoms with van der Waals surface area (Å²) in [6.45, 7) is 3.26. The number of hydrogen-bond donors (Lipinski definition) is 0. The molecular formula is C24H28N2O. The van der Waals surface area contributed by atoms with Crippen LogP contribution < -0.4 is 0 Å². The Kier molecular flexibility index (Phi) is 6.97. The third-order valence-electron chi connectivity index (χ3n) is 4.97. The number of para-hydroxylation sites is 1. The summed E-state index contributed by atoms with van der Waals surface area (Å²) in [5, 5.41) is 1.33. The zero-order chi connectivity index (χ0) is 18.9. The maximum absolute atomic E-state index is 11.9. The Morgan fingerprint density at radius 3 is 2.70 bits per heavy atom. The average molecular weight is 361 g/mol. The Morgan fingerprint density at radius 2 is 1.85 bits per heavy atom. The van der Waals surface area contributed by atoms with Crippen LogP contribution in [0.5, 0.6) is 0 Å². The van der Waals surface area contributed by atoms with Gasteiger partial charge >= 0.3 is 0 Å². The highest BCUT2D eigenvalue weighted by atomic mass is 16.1. The lowest BCUT2D eigenvalue weighted by atomic mass is 10.1. The number of nitrogens with zero attached hydrogens (tertiary/aromatic N) is 2. The van der Waals surface area contributed by atoms with Gasteiger partial charge in [-0.25, -0.2) is 0 Å². The number of ketones is 1. The monoisotopic (exact) mass is 360 g/mol. The summed E-state index contributed by atoms with van der Waals surface area (Å²) in [4.78, 5) is 16.0. The molecule has 0 atom stereocenters. The first-order valence-electron chi connectivity index (χ1n) is 9.90. The van der Waals surface area contributed by atoms with Gasteiger partial charge in [-0.05, 0) is 61.1 Å². The van der Waals surface area contributed by atoms with Crippen molar-refractivity contribution in [1.82, 2.24) is 9.55 Å². The van der Waals surface area contributed by atoms with Crippen LogP contribution in [0.3, 0.4) is 0 Å². The van der Waals surface area contributed by atoms with E-state index in [1.54, 1.807) is 18.5 Å². The van der Waals surface area contributed by atoms with Crippen molar-refractivity contribution in [2.75, 3.05) is 0 Å². The van der Waals surface area contributed by atoms with Crippen LogP contribution in [0.15, 0.2) is 60.9 Å². The molecule has 0 aliphatic carbocycles. The SMILES string of the molecule is Cc1cc2ccccc2n1CCCCCCCC(=O)/C=C/c1cccnc1. The lowest BCUT2D eigenvalue weighted by Crippen LogP contribution is -2.00.